The van der Waals surface area contributed by atoms with Crippen LogP contribution >= 0.6 is 11.6 Å². The Hall–Kier alpha value is -2.20. The Kier molecular flexibility index (Phi) is 7.98. The predicted octanol–water partition coefficient (Wildman–Crippen LogP) is 1.93. The largest absolute Gasteiger partial charge is 0.389 e. The van der Waals surface area contributed by atoms with Gasteiger partial charge >= 0.3 is 0 Å². The first-order valence-corrected chi connectivity index (χ1v) is 16.5. The first kappa shape index (κ1) is 30.3. The molecule has 0 spiro atoms. The smallest absolute Gasteiger partial charge is 0.255 e. The van der Waals surface area contributed by atoms with Crippen molar-refractivity contribution in [2.45, 2.75) is 53.6 Å². The number of carbonyl (C=O) groups excluding carboxylic acids is 1. The summed E-state index contributed by atoms with van der Waals surface area (Å²) in [5.41, 5.74) is -1.92. The summed E-state index contributed by atoms with van der Waals surface area (Å²) < 4.78 is 79.2. The summed E-state index contributed by atoms with van der Waals surface area (Å²) in [4.78, 5) is 12.4. The number of nitrogens with one attached hydrogen (secondary N) is 1. The number of aliphatic hydroxyl groups is 3. The zero-order valence-electron chi connectivity index (χ0n) is 21.6. The number of sulfonamides is 1. The lowest BCUT2D eigenvalue weighted by Gasteiger charge is -2.60. The molecule has 1 heterocycles. The SMILES string of the molecule is O=C(Nc1ccc(F)c(F)c1)c1ccc(Cl)c(S(=O)(=O)C2CC3CC(C2)C3(O)C(O)C(O)CN2CCCS2(=O)=O)c1. The topological polar surface area (TPSA) is 161 Å². The molecular formula is C26H29ClF2N2O8S2. The number of anilines is 1. The minimum atomic E-state index is -4.13. The molecule has 0 radical (unpaired) electrons. The fourth-order valence-corrected chi connectivity index (χ4v) is 10.2. The van der Waals surface area contributed by atoms with Gasteiger partial charge in [0.15, 0.2) is 21.5 Å². The Morgan fingerprint density at radius 2 is 1.78 bits per heavy atom. The van der Waals surface area contributed by atoms with E-state index in [0.29, 0.717) is 12.8 Å². The maximum Gasteiger partial charge on any atom is 0.255 e. The average Bonchev–Trinajstić information content (AvgIpc) is 3.26. The van der Waals surface area contributed by atoms with Gasteiger partial charge in [-0.3, -0.25) is 4.79 Å². The van der Waals surface area contributed by atoms with E-state index in [4.69, 9.17) is 11.6 Å². The number of rotatable bonds is 8. The van der Waals surface area contributed by atoms with Crippen LogP contribution in [0.1, 0.15) is 36.0 Å². The number of sulfone groups is 1. The van der Waals surface area contributed by atoms with Crippen LogP contribution in [0.3, 0.4) is 0 Å². The third-order valence-electron chi connectivity index (χ3n) is 8.52. The number of hydrogen-bond donors (Lipinski definition) is 4. The standard InChI is InChI=1S/C26H29ClF2N2O8S2/c27-19-4-2-14(25(34)30-17-3-5-20(28)21(29)12-17)8-23(19)41(38,39)18-10-15-9-16(11-18)26(15,35)24(33)22(32)13-31-6-1-7-40(31,36)37/h2-5,8,12,15-16,18,22,24,32-33,35H,1,6-7,9-11,13H2,(H,30,34). The lowest BCUT2D eigenvalue weighted by molar-refractivity contribution is -0.251. The van der Waals surface area contributed by atoms with Gasteiger partial charge in [-0.25, -0.2) is 25.6 Å². The van der Waals surface area contributed by atoms with Crippen molar-refractivity contribution in [1.82, 2.24) is 4.31 Å². The highest BCUT2D eigenvalue weighted by Gasteiger charge is 2.64. The molecule has 1 aliphatic heterocycles. The van der Waals surface area contributed by atoms with Crippen molar-refractivity contribution in [3.05, 3.63) is 58.6 Å². The third kappa shape index (κ3) is 5.39. The predicted molar refractivity (Wildman–Crippen MR) is 145 cm³/mol. The lowest BCUT2D eigenvalue weighted by Crippen LogP contribution is -2.70. The van der Waals surface area contributed by atoms with E-state index >= 15 is 0 Å². The van der Waals surface area contributed by atoms with Crippen LogP contribution < -0.4 is 5.32 Å². The van der Waals surface area contributed by atoms with E-state index in [1.165, 1.54) is 12.1 Å². The first-order valence-electron chi connectivity index (χ1n) is 13.0. The number of fused-ring (bicyclic) bond motifs is 2. The van der Waals surface area contributed by atoms with Crippen molar-refractivity contribution < 1.29 is 45.7 Å². The average molecular weight is 635 g/mol. The molecular weight excluding hydrogens is 606 g/mol. The van der Waals surface area contributed by atoms with Gasteiger partial charge in [-0.15, -0.1) is 0 Å². The van der Waals surface area contributed by atoms with Crippen LogP contribution in [0.25, 0.3) is 0 Å². The second kappa shape index (κ2) is 10.8. The van der Waals surface area contributed by atoms with E-state index in [0.717, 1.165) is 28.6 Å². The van der Waals surface area contributed by atoms with Gasteiger partial charge in [0.1, 0.15) is 6.10 Å². The first-order chi connectivity index (χ1) is 19.1. The quantitative estimate of drug-likeness (QED) is 0.343. The van der Waals surface area contributed by atoms with Crippen molar-refractivity contribution in [1.29, 1.82) is 0 Å². The summed E-state index contributed by atoms with van der Waals surface area (Å²) in [6.07, 6.45) is -2.54. The molecule has 1 saturated heterocycles. The zero-order valence-corrected chi connectivity index (χ0v) is 24.0. The van der Waals surface area contributed by atoms with Gasteiger partial charge in [-0.2, -0.15) is 4.31 Å². The van der Waals surface area contributed by atoms with E-state index in [9.17, 15) is 45.7 Å². The van der Waals surface area contributed by atoms with Crippen LogP contribution in [0.4, 0.5) is 14.5 Å². The second-order valence-electron chi connectivity index (χ2n) is 10.9. The Balaban J connectivity index is 1.30. The molecule has 4 fully saturated rings. The van der Waals surface area contributed by atoms with Gasteiger partial charge in [-0.05, 0) is 67.9 Å². The number of nitrogens with zero attached hydrogens (tertiary/aromatic N) is 1. The second-order valence-corrected chi connectivity index (χ2v) is 15.6. The Morgan fingerprint density at radius 1 is 1.10 bits per heavy atom. The highest BCUT2D eigenvalue weighted by molar-refractivity contribution is 7.92. The number of amides is 1. The van der Waals surface area contributed by atoms with E-state index in [2.05, 4.69) is 5.32 Å². The van der Waals surface area contributed by atoms with Crippen LogP contribution in [0, 0.1) is 23.5 Å². The molecule has 41 heavy (non-hydrogen) atoms. The van der Waals surface area contributed by atoms with Gasteiger partial charge in [0.05, 0.1) is 32.6 Å². The molecule has 1 amide bonds. The lowest BCUT2D eigenvalue weighted by atomic mass is 9.51. The van der Waals surface area contributed by atoms with Crippen LogP contribution in [0.15, 0.2) is 41.3 Å². The number of hydrogen-bond acceptors (Lipinski definition) is 8. The molecule has 3 saturated carbocycles. The Bertz CT molecular complexity index is 1580. The third-order valence-corrected chi connectivity index (χ3v) is 13.1. The summed E-state index contributed by atoms with van der Waals surface area (Å²) in [7, 11) is -7.66. The molecule has 15 heteroatoms. The van der Waals surface area contributed by atoms with Gasteiger partial charge in [-0.1, -0.05) is 11.6 Å². The van der Waals surface area contributed by atoms with Crippen LogP contribution in [0.2, 0.25) is 5.02 Å². The summed E-state index contributed by atoms with van der Waals surface area (Å²) in [6, 6.07) is 6.38. The minimum Gasteiger partial charge on any atom is -0.389 e. The number of aliphatic hydroxyl groups excluding tert-OH is 2. The van der Waals surface area contributed by atoms with Crippen molar-refractivity contribution >= 4 is 43.1 Å². The van der Waals surface area contributed by atoms with Crippen molar-refractivity contribution in [2.75, 3.05) is 24.2 Å². The van der Waals surface area contributed by atoms with Crippen molar-refractivity contribution in [3.8, 4) is 0 Å². The molecule has 224 valence electrons. The van der Waals surface area contributed by atoms with Crippen molar-refractivity contribution in [3.63, 3.8) is 0 Å². The van der Waals surface area contributed by atoms with Gasteiger partial charge in [0, 0.05) is 30.4 Å². The summed E-state index contributed by atoms with van der Waals surface area (Å²) in [6.45, 7) is -0.168. The monoisotopic (exact) mass is 634 g/mol. The van der Waals surface area contributed by atoms with E-state index < -0.39 is 72.3 Å². The molecule has 3 aliphatic carbocycles. The highest BCUT2D eigenvalue weighted by atomic mass is 35.5. The van der Waals surface area contributed by atoms with Crippen LogP contribution in [0.5, 0.6) is 0 Å². The maximum absolute atomic E-state index is 13.6. The minimum absolute atomic E-state index is 0.0389. The fourth-order valence-electron chi connectivity index (χ4n) is 6.26. The molecule has 6 rings (SSSR count). The normalized spacial score (nSPS) is 29.0. The number of halogens is 3. The molecule has 0 aromatic heterocycles. The number of β-amino-alcohol motifs (C(OH)–C–C–N with tert-alkyl or cyclic N) is 1. The maximum atomic E-state index is 13.6. The van der Waals surface area contributed by atoms with Gasteiger partial charge in [0.2, 0.25) is 10.0 Å². The van der Waals surface area contributed by atoms with E-state index in [-0.39, 0.29) is 52.9 Å². The molecule has 4 unspecified atom stereocenters. The number of benzene rings is 2. The molecule has 10 nitrogen and oxygen atoms in total. The highest BCUT2D eigenvalue weighted by Crippen LogP contribution is 2.57. The van der Waals surface area contributed by atoms with Crippen molar-refractivity contribution in [2.24, 2.45) is 11.8 Å². The summed E-state index contributed by atoms with van der Waals surface area (Å²) in [5, 5.41) is 34.0. The molecule has 4 atom stereocenters. The molecule has 4 aliphatic rings. The van der Waals surface area contributed by atoms with Crippen LogP contribution in [-0.4, -0.2) is 84.3 Å². The molecule has 4 N–H and O–H groups in total. The summed E-state index contributed by atoms with van der Waals surface area (Å²) >= 11 is 6.22. The van der Waals surface area contributed by atoms with E-state index in [1.54, 1.807) is 0 Å². The number of carbonyl (C=O) groups is 1. The van der Waals surface area contributed by atoms with Crippen LogP contribution in [-0.2, 0) is 19.9 Å². The summed E-state index contributed by atoms with van der Waals surface area (Å²) in [5.74, 6) is -4.46. The molecule has 2 aromatic carbocycles. The fraction of sp³-hybridized carbons (Fsp3) is 0.500. The molecule has 2 aromatic rings. The Morgan fingerprint density at radius 3 is 2.39 bits per heavy atom. The van der Waals surface area contributed by atoms with E-state index in [1.807, 2.05) is 0 Å². The Labute approximate surface area is 240 Å². The van der Waals surface area contributed by atoms with Gasteiger partial charge in [0.25, 0.3) is 5.91 Å². The van der Waals surface area contributed by atoms with Gasteiger partial charge < -0.3 is 20.6 Å². The zero-order chi connectivity index (χ0) is 29.9. The molecule has 2 bridgehead atoms.